The van der Waals surface area contributed by atoms with Gasteiger partial charge in [0.1, 0.15) is 30.2 Å². The normalized spacial score (nSPS) is 30.8. The first-order valence-corrected chi connectivity index (χ1v) is 11.7. The number of hydrogen-bond acceptors (Lipinski definition) is 12. The van der Waals surface area contributed by atoms with Gasteiger partial charge in [0.2, 0.25) is 6.29 Å². The van der Waals surface area contributed by atoms with E-state index in [1.54, 1.807) is 25.1 Å². The third kappa shape index (κ3) is 6.86. The first-order valence-electron chi connectivity index (χ1n) is 11.7. The fraction of sp³-hybridized carbons (Fsp3) is 0.520. The standard InChI is InChI=1S/C25H32O12/c1-3-15-16(10-19(28)34-9-8-13-4-6-14(27)7-5-13)17(23(32)33-2)12-35-24(15)37-25-22(31)21(30)20(29)18(11-26)36-25/h3-7,12,16,18,20-22,24-27,29-31H,8-11H2,1-2H3/b15-3-/t16?,18-,20-,21+,22-,24+,25+/m1/s1. The SMILES string of the molecule is C/C=C1/C(CC(=O)OCCc2ccc(O)cc2)C(C(=O)OC)=CO[C@H]1O[C@@H]1O[C@H](CO)[C@@H](O)[C@H](O)[C@H]1O. The van der Waals surface area contributed by atoms with Gasteiger partial charge >= 0.3 is 11.9 Å². The summed E-state index contributed by atoms with van der Waals surface area (Å²) in [6.07, 6.45) is -6.02. The van der Waals surface area contributed by atoms with Gasteiger partial charge in [0.05, 0.1) is 38.6 Å². The highest BCUT2D eigenvalue weighted by Gasteiger charge is 2.46. The molecule has 204 valence electrons. The lowest BCUT2D eigenvalue weighted by molar-refractivity contribution is -0.327. The van der Waals surface area contributed by atoms with E-state index in [0.29, 0.717) is 12.0 Å². The number of allylic oxidation sites excluding steroid dienone is 1. The maximum atomic E-state index is 12.7. The Morgan fingerprint density at radius 3 is 2.41 bits per heavy atom. The quantitative estimate of drug-likeness (QED) is 0.210. The van der Waals surface area contributed by atoms with Crippen LogP contribution in [0.15, 0.2) is 47.7 Å². The number of esters is 2. The Bertz CT molecular complexity index is 986. The smallest absolute Gasteiger partial charge is 0.337 e. The number of rotatable bonds is 9. The molecule has 0 aromatic heterocycles. The molecule has 1 aromatic carbocycles. The van der Waals surface area contributed by atoms with Crippen LogP contribution in [0.4, 0.5) is 0 Å². The first-order chi connectivity index (χ1) is 17.7. The molecule has 0 aliphatic carbocycles. The van der Waals surface area contributed by atoms with Gasteiger partial charge in [-0.3, -0.25) is 4.79 Å². The van der Waals surface area contributed by atoms with E-state index in [4.69, 9.17) is 23.7 Å². The number of phenolic OH excluding ortho intramolecular Hbond substituents is 1. The number of aliphatic hydroxyl groups is 4. The fourth-order valence-electron chi connectivity index (χ4n) is 4.10. The predicted octanol–water partition coefficient (Wildman–Crippen LogP) is -0.340. The highest BCUT2D eigenvalue weighted by molar-refractivity contribution is 5.90. The van der Waals surface area contributed by atoms with E-state index in [1.165, 1.54) is 19.2 Å². The van der Waals surface area contributed by atoms with Crippen molar-refractivity contribution >= 4 is 11.9 Å². The summed E-state index contributed by atoms with van der Waals surface area (Å²) < 4.78 is 26.8. The lowest BCUT2D eigenvalue weighted by Gasteiger charge is -2.41. The number of ether oxygens (including phenoxy) is 5. The zero-order valence-electron chi connectivity index (χ0n) is 20.4. The number of hydrogen-bond donors (Lipinski definition) is 5. The average Bonchev–Trinajstić information content (AvgIpc) is 2.89. The molecular formula is C25H32O12. The van der Waals surface area contributed by atoms with Crippen LogP contribution in [0.3, 0.4) is 0 Å². The minimum atomic E-state index is -1.67. The summed E-state index contributed by atoms with van der Waals surface area (Å²) in [5, 5.41) is 49.1. The van der Waals surface area contributed by atoms with E-state index in [2.05, 4.69) is 0 Å². The average molecular weight is 525 g/mol. The summed E-state index contributed by atoms with van der Waals surface area (Å²) in [7, 11) is 1.18. The van der Waals surface area contributed by atoms with E-state index < -0.39 is 61.5 Å². The van der Waals surface area contributed by atoms with Gasteiger partial charge in [-0.05, 0) is 24.6 Å². The van der Waals surface area contributed by atoms with Crippen LogP contribution >= 0.6 is 0 Å². The zero-order chi connectivity index (χ0) is 27.1. The Hall–Kier alpha value is -3.00. The van der Waals surface area contributed by atoms with Gasteiger partial charge in [0.25, 0.3) is 0 Å². The molecule has 1 aromatic rings. The second-order valence-electron chi connectivity index (χ2n) is 8.55. The van der Waals surface area contributed by atoms with Gasteiger partial charge in [0.15, 0.2) is 6.29 Å². The summed E-state index contributed by atoms with van der Waals surface area (Å²) in [6, 6.07) is 6.47. The van der Waals surface area contributed by atoms with Crippen LogP contribution in [0.5, 0.6) is 5.75 Å². The molecule has 0 amide bonds. The van der Waals surface area contributed by atoms with Crippen molar-refractivity contribution < 1.29 is 58.8 Å². The zero-order valence-corrected chi connectivity index (χ0v) is 20.4. The maximum absolute atomic E-state index is 12.7. The third-order valence-corrected chi connectivity index (χ3v) is 6.19. The minimum absolute atomic E-state index is 0.0414. The summed E-state index contributed by atoms with van der Waals surface area (Å²) in [4.78, 5) is 25.1. The lowest BCUT2D eigenvalue weighted by atomic mass is 9.86. The molecule has 12 nitrogen and oxygen atoms in total. The van der Waals surface area contributed by atoms with Crippen molar-refractivity contribution in [3.05, 3.63) is 53.3 Å². The molecular weight excluding hydrogens is 492 g/mol. The largest absolute Gasteiger partial charge is 0.508 e. The van der Waals surface area contributed by atoms with Crippen LogP contribution in [-0.4, -0.2) is 94.8 Å². The molecule has 2 aliphatic heterocycles. The number of benzene rings is 1. The highest BCUT2D eigenvalue weighted by Crippen LogP contribution is 2.36. The maximum Gasteiger partial charge on any atom is 0.337 e. The van der Waals surface area contributed by atoms with Crippen LogP contribution in [-0.2, 0) is 39.7 Å². The van der Waals surface area contributed by atoms with E-state index >= 15 is 0 Å². The molecule has 1 saturated heterocycles. The molecule has 0 bridgehead atoms. The molecule has 5 N–H and O–H groups in total. The minimum Gasteiger partial charge on any atom is -0.508 e. The second-order valence-corrected chi connectivity index (χ2v) is 8.55. The van der Waals surface area contributed by atoms with Crippen LogP contribution in [0, 0.1) is 5.92 Å². The summed E-state index contributed by atoms with van der Waals surface area (Å²) in [5.74, 6) is -2.07. The predicted molar refractivity (Wildman–Crippen MR) is 124 cm³/mol. The van der Waals surface area contributed by atoms with Crippen molar-refractivity contribution in [3.63, 3.8) is 0 Å². The van der Waals surface area contributed by atoms with Crippen LogP contribution in [0.2, 0.25) is 0 Å². The molecule has 1 fully saturated rings. The molecule has 12 heteroatoms. The van der Waals surface area contributed by atoms with Crippen molar-refractivity contribution in [2.24, 2.45) is 5.92 Å². The number of methoxy groups -OCH3 is 1. The Morgan fingerprint density at radius 2 is 1.78 bits per heavy atom. The Kier molecular flexibility index (Phi) is 10.0. The van der Waals surface area contributed by atoms with Crippen LogP contribution < -0.4 is 0 Å². The van der Waals surface area contributed by atoms with E-state index in [1.807, 2.05) is 0 Å². The number of carbonyl (C=O) groups is 2. The number of phenols is 1. The van der Waals surface area contributed by atoms with Crippen molar-refractivity contribution in [2.75, 3.05) is 20.3 Å². The van der Waals surface area contributed by atoms with Crippen LogP contribution in [0.1, 0.15) is 18.9 Å². The number of aromatic hydroxyl groups is 1. The Balaban J connectivity index is 1.71. The molecule has 0 radical (unpaired) electrons. The molecule has 7 atom stereocenters. The summed E-state index contributed by atoms with van der Waals surface area (Å²) in [6.45, 7) is 1.06. The van der Waals surface area contributed by atoms with Crippen molar-refractivity contribution in [2.45, 2.75) is 56.8 Å². The molecule has 3 rings (SSSR count). The molecule has 0 saturated carbocycles. The van der Waals surface area contributed by atoms with Crippen molar-refractivity contribution in [1.82, 2.24) is 0 Å². The molecule has 0 spiro atoms. The van der Waals surface area contributed by atoms with Gasteiger partial charge in [-0.25, -0.2) is 4.79 Å². The second kappa shape index (κ2) is 13.0. The summed E-state index contributed by atoms with van der Waals surface area (Å²) >= 11 is 0. The van der Waals surface area contributed by atoms with Gasteiger partial charge in [-0.15, -0.1) is 0 Å². The number of carbonyl (C=O) groups excluding carboxylic acids is 2. The number of aliphatic hydroxyl groups excluding tert-OH is 4. The molecule has 2 heterocycles. The Labute approximate surface area is 213 Å². The monoisotopic (exact) mass is 524 g/mol. The van der Waals surface area contributed by atoms with E-state index in [9.17, 15) is 35.1 Å². The van der Waals surface area contributed by atoms with Crippen molar-refractivity contribution in [1.29, 1.82) is 0 Å². The van der Waals surface area contributed by atoms with E-state index in [0.717, 1.165) is 11.8 Å². The fourth-order valence-corrected chi connectivity index (χ4v) is 4.10. The molecule has 37 heavy (non-hydrogen) atoms. The Morgan fingerprint density at radius 1 is 1.08 bits per heavy atom. The van der Waals surface area contributed by atoms with Gasteiger partial charge < -0.3 is 49.2 Å². The first kappa shape index (κ1) is 28.6. The molecule has 1 unspecified atom stereocenters. The van der Waals surface area contributed by atoms with Crippen molar-refractivity contribution in [3.8, 4) is 5.75 Å². The lowest BCUT2D eigenvalue weighted by Crippen LogP contribution is -2.60. The summed E-state index contributed by atoms with van der Waals surface area (Å²) in [5.41, 5.74) is 1.23. The van der Waals surface area contributed by atoms with Gasteiger partial charge in [-0.2, -0.15) is 0 Å². The van der Waals surface area contributed by atoms with Crippen LogP contribution in [0.25, 0.3) is 0 Å². The topological polar surface area (TPSA) is 181 Å². The molecule has 2 aliphatic rings. The van der Waals surface area contributed by atoms with Gasteiger partial charge in [-0.1, -0.05) is 18.2 Å². The highest BCUT2D eigenvalue weighted by atomic mass is 16.8. The third-order valence-electron chi connectivity index (χ3n) is 6.19. The van der Waals surface area contributed by atoms with E-state index in [-0.39, 0.29) is 24.4 Å². The van der Waals surface area contributed by atoms with Gasteiger partial charge in [0, 0.05) is 17.9 Å².